The van der Waals surface area contributed by atoms with E-state index in [2.05, 4.69) is 0 Å². The number of benzene rings is 1. The molecule has 18 heavy (non-hydrogen) atoms. The number of rotatable bonds is 7. The van der Waals surface area contributed by atoms with E-state index in [-0.39, 0.29) is 13.2 Å². The number of aryl methyl sites for hydroxylation is 1. The summed E-state index contributed by atoms with van der Waals surface area (Å²) in [6.07, 6.45) is -1.25. The molecule has 4 nitrogen and oxygen atoms in total. The second-order valence-corrected chi connectivity index (χ2v) is 4.34. The van der Waals surface area contributed by atoms with Crippen LogP contribution in [0.1, 0.15) is 31.1 Å². The molecule has 2 atom stereocenters. The summed E-state index contributed by atoms with van der Waals surface area (Å²) in [6, 6.07) is 5.61. The Morgan fingerprint density at radius 3 is 2.56 bits per heavy atom. The highest BCUT2D eigenvalue weighted by Gasteiger charge is 2.11. The summed E-state index contributed by atoms with van der Waals surface area (Å²) in [5.74, 6) is 0.603. The fourth-order valence-corrected chi connectivity index (χ4v) is 1.61. The summed E-state index contributed by atoms with van der Waals surface area (Å²) in [4.78, 5) is 0. The van der Waals surface area contributed by atoms with Crippen LogP contribution in [0.5, 0.6) is 5.75 Å². The first kappa shape index (κ1) is 15.0. The predicted molar refractivity (Wildman–Crippen MR) is 69.8 cm³/mol. The Hall–Kier alpha value is -1.10. The van der Waals surface area contributed by atoms with E-state index in [0.29, 0.717) is 12.4 Å². The van der Waals surface area contributed by atoms with E-state index in [1.165, 1.54) is 0 Å². The molecule has 1 aromatic rings. The molecule has 1 rings (SSSR count). The van der Waals surface area contributed by atoms with Crippen molar-refractivity contribution >= 4 is 0 Å². The molecule has 0 aliphatic rings. The van der Waals surface area contributed by atoms with Crippen molar-refractivity contribution in [3.8, 4) is 5.75 Å². The van der Waals surface area contributed by atoms with Gasteiger partial charge in [0.05, 0.1) is 12.7 Å². The van der Waals surface area contributed by atoms with Gasteiger partial charge in [-0.05, 0) is 32.9 Å². The van der Waals surface area contributed by atoms with Crippen LogP contribution in [0.15, 0.2) is 18.2 Å². The molecule has 2 N–H and O–H groups in total. The Morgan fingerprint density at radius 2 is 1.94 bits per heavy atom. The Morgan fingerprint density at radius 1 is 1.22 bits per heavy atom. The van der Waals surface area contributed by atoms with Gasteiger partial charge in [-0.25, -0.2) is 0 Å². The first-order valence-electron chi connectivity index (χ1n) is 6.21. The molecule has 4 heteroatoms. The molecular weight excluding hydrogens is 232 g/mol. The van der Waals surface area contributed by atoms with E-state index in [1.807, 2.05) is 32.0 Å². The molecule has 0 saturated heterocycles. The zero-order valence-electron chi connectivity index (χ0n) is 11.2. The second-order valence-electron chi connectivity index (χ2n) is 4.34. The minimum absolute atomic E-state index is 0.156. The standard InChI is InChI=1S/C14H22O4/c1-4-17-8-12(16)9-18-14-6-5-10(2)7-13(14)11(3)15/h5-7,11-12,15-16H,4,8-9H2,1-3H3/t11-,12?/m0/s1. The smallest absolute Gasteiger partial charge is 0.125 e. The van der Waals surface area contributed by atoms with Crippen LogP contribution in [0.25, 0.3) is 0 Å². The molecule has 0 amide bonds. The summed E-state index contributed by atoms with van der Waals surface area (Å²) in [5.41, 5.74) is 1.80. The number of aliphatic hydroxyl groups is 2. The fourth-order valence-electron chi connectivity index (χ4n) is 1.61. The van der Waals surface area contributed by atoms with Crippen LogP contribution in [-0.2, 0) is 4.74 Å². The highest BCUT2D eigenvalue weighted by Crippen LogP contribution is 2.26. The van der Waals surface area contributed by atoms with E-state index >= 15 is 0 Å². The van der Waals surface area contributed by atoms with Crippen molar-refractivity contribution in [3.05, 3.63) is 29.3 Å². The van der Waals surface area contributed by atoms with Crippen molar-refractivity contribution in [1.82, 2.24) is 0 Å². The van der Waals surface area contributed by atoms with Crippen molar-refractivity contribution in [1.29, 1.82) is 0 Å². The molecule has 0 bridgehead atoms. The van der Waals surface area contributed by atoms with Gasteiger partial charge >= 0.3 is 0 Å². The molecule has 0 aromatic heterocycles. The SMILES string of the molecule is CCOCC(O)COc1ccc(C)cc1[C@H](C)O. The van der Waals surface area contributed by atoms with Crippen LogP contribution in [-0.4, -0.2) is 36.1 Å². The van der Waals surface area contributed by atoms with Crippen LogP contribution in [0, 0.1) is 6.92 Å². The van der Waals surface area contributed by atoms with Crippen LogP contribution in [0.2, 0.25) is 0 Å². The molecule has 0 radical (unpaired) electrons. The van der Waals surface area contributed by atoms with Gasteiger partial charge < -0.3 is 19.7 Å². The third-order valence-electron chi connectivity index (χ3n) is 2.56. The number of hydrogen-bond donors (Lipinski definition) is 2. The first-order valence-corrected chi connectivity index (χ1v) is 6.21. The Bertz CT molecular complexity index is 363. The van der Waals surface area contributed by atoms with Crippen molar-refractivity contribution in [3.63, 3.8) is 0 Å². The molecule has 0 heterocycles. The zero-order valence-corrected chi connectivity index (χ0v) is 11.2. The molecule has 0 aliphatic heterocycles. The monoisotopic (exact) mass is 254 g/mol. The van der Waals surface area contributed by atoms with Crippen molar-refractivity contribution in [2.24, 2.45) is 0 Å². The van der Waals surface area contributed by atoms with Crippen LogP contribution < -0.4 is 4.74 Å². The highest BCUT2D eigenvalue weighted by atomic mass is 16.5. The topological polar surface area (TPSA) is 58.9 Å². The Kier molecular flexibility index (Phi) is 6.12. The van der Waals surface area contributed by atoms with Gasteiger partial charge in [-0.3, -0.25) is 0 Å². The van der Waals surface area contributed by atoms with Crippen molar-refractivity contribution < 1.29 is 19.7 Å². The first-order chi connectivity index (χ1) is 8.54. The van der Waals surface area contributed by atoms with Gasteiger partial charge in [0.1, 0.15) is 18.5 Å². The maximum atomic E-state index is 9.67. The van der Waals surface area contributed by atoms with E-state index < -0.39 is 12.2 Å². The van der Waals surface area contributed by atoms with Gasteiger partial charge in [-0.15, -0.1) is 0 Å². The lowest BCUT2D eigenvalue weighted by atomic mass is 10.1. The van der Waals surface area contributed by atoms with Crippen LogP contribution in [0.3, 0.4) is 0 Å². The largest absolute Gasteiger partial charge is 0.490 e. The van der Waals surface area contributed by atoms with Crippen molar-refractivity contribution in [2.45, 2.75) is 33.0 Å². The highest BCUT2D eigenvalue weighted by molar-refractivity contribution is 5.38. The average molecular weight is 254 g/mol. The molecule has 0 fully saturated rings. The lowest BCUT2D eigenvalue weighted by Crippen LogP contribution is -2.23. The molecule has 1 aromatic carbocycles. The summed E-state index contributed by atoms with van der Waals surface area (Å²) in [7, 11) is 0. The van der Waals surface area contributed by atoms with Gasteiger partial charge in [-0.2, -0.15) is 0 Å². The van der Waals surface area contributed by atoms with Crippen LogP contribution in [0.4, 0.5) is 0 Å². The quantitative estimate of drug-likeness (QED) is 0.779. The molecular formula is C14H22O4. The molecule has 0 aliphatic carbocycles. The van der Waals surface area contributed by atoms with E-state index in [4.69, 9.17) is 9.47 Å². The van der Waals surface area contributed by atoms with Gasteiger partial charge in [0, 0.05) is 12.2 Å². The van der Waals surface area contributed by atoms with Gasteiger partial charge in [0.2, 0.25) is 0 Å². The number of ether oxygens (including phenoxy) is 2. The maximum Gasteiger partial charge on any atom is 0.125 e. The normalized spacial score (nSPS) is 14.3. The van der Waals surface area contributed by atoms with E-state index in [1.54, 1.807) is 6.92 Å². The minimum Gasteiger partial charge on any atom is -0.490 e. The van der Waals surface area contributed by atoms with E-state index in [9.17, 15) is 10.2 Å². The van der Waals surface area contributed by atoms with Gasteiger partial charge in [0.15, 0.2) is 0 Å². The van der Waals surface area contributed by atoms with Crippen LogP contribution >= 0.6 is 0 Å². The van der Waals surface area contributed by atoms with Gasteiger partial charge in [-0.1, -0.05) is 11.6 Å². The summed E-state index contributed by atoms with van der Waals surface area (Å²) in [5, 5.41) is 19.3. The second kappa shape index (κ2) is 7.36. The Balaban J connectivity index is 2.61. The minimum atomic E-state index is -0.659. The van der Waals surface area contributed by atoms with E-state index in [0.717, 1.165) is 11.1 Å². The molecule has 102 valence electrons. The summed E-state index contributed by atoms with van der Waals surface area (Å²) < 4.78 is 10.6. The van der Waals surface area contributed by atoms with Crippen molar-refractivity contribution in [2.75, 3.05) is 19.8 Å². The average Bonchev–Trinajstić information content (AvgIpc) is 2.34. The lowest BCUT2D eigenvalue weighted by molar-refractivity contribution is 0.0158. The summed E-state index contributed by atoms with van der Waals surface area (Å²) >= 11 is 0. The number of aliphatic hydroxyl groups excluding tert-OH is 2. The molecule has 0 saturated carbocycles. The molecule has 0 spiro atoms. The third-order valence-corrected chi connectivity index (χ3v) is 2.56. The van der Waals surface area contributed by atoms with Gasteiger partial charge in [0.25, 0.3) is 0 Å². The Labute approximate surface area is 108 Å². The fraction of sp³-hybridized carbons (Fsp3) is 0.571. The maximum absolute atomic E-state index is 9.67. The molecule has 1 unspecified atom stereocenters. The zero-order chi connectivity index (χ0) is 13.5. The lowest BCUT2D eigenvalue weighted by Gasteiger charge is -2.16. The summed E-state index contributed by atoms with van der Waals surface area (Å²) in [6.45, 7) is 6.51. The number of hydrogen-bond acceptors (Lipinski definition) is 4. The predicted octanol–water partition coefficient (Wildman–Crippen LogP) is 1.82. The third kappa shape index (κ3) is 4.64.